The van der Waals surface area contributed by atoms with Crippen LogP contribution in [0.3, 0.4) is 0 Å². The standard InChI is InChI=1S/C15H27F3N2/c1-12(2)13-10-20(9-5-8-15(16,17)18)14(11-19-13)6-3-4-7-14/h12-13,19H,3-11H2,1-2H3. The van der Waals surface area contributed by atoms with Crippen molar-refractivity contribution in [1.29, 1.82) is 0 Å². The Labute approximate surface area is 120 Å². The van der Waals surface area contributed by atoms with Crippen LogP contribution in [0.2, 0.25) is 0 Å². The molecule has 1 unspecified atom stereocenters. The minimum Gasteiger partial charge on any atom is -0.311 e. The summed E-state index contributed by atoms with van der Waals surface area (Å²) in [5.41, 5.74) is 0.136. The highest BCUT2D eigenvalue weighted by Crippen LogP contribution is 2.38. The van der Waals surface area contributed by atoms with Crippen LogP contribution in [0.15, 0.2) is 0 Å². The minimum atomic E-state index is -4.02. The summed E-state index contributed by atoms with van der Waals surface area (Å²) in [6.45, 7) is 6.79. The highest BCUT2D eigenvalue weighted by atomic mass is 19.4. The maximum atomic E-state index is 12.4. The van der Waals surface area contributed by atoms with E-state index in [1.807, 2.05) is 0 Å². The summed E-state index contributed by atoms with van der Waals surface area (Å²) in [5.74, 6) is 0.527. The zero-order chi connectivity index (χ0) is 14.8. The van der Waals surface area contributed by atoms with Crippen molar-refractivity contribution in [3.05, 3.63) is 0 Å². The molecule has 1 saturated carbocycles. The molecule has 2 aliphatic rings. The lowest BCUT2D eigenvalue weighted by molar-refractivity contribution is -0.137. The number of nitrogens with zero attached hydrogens (tertiary/aromatic N) is 1. The lowest BCUT2D eigenvalue weighted by Crippen LogP contribution is -2.64. The number of alkyl halides is 3. The molecule has 0 amide bonds. The molecule has 1 aliphatic heterocycles. The van der Waals surface area contributed by atoms with Crippen LogP contribution in [0, 0.1) is 5.92 Å². The van der Waals surface area contributed by atoms with Gasteiger partial charge in [0.2, 0.25) is 0 Å². The molecule has 1 heterocycles. The van der Waals surface area contributed by atoms with Gasteiger partial charge in [0.1, 0.15) is 0 Å². The molecule has 118 valence electrons. The molecular formula is C15H27F3N2. The van der Waals surface area contributed by atoms with Crippen molar-refractivity contribution in [2.45, 2.75) is 70.1 Å². The Morgan fingerprint density at radius 1 is 1.25 bits per heavy atom. The van der Waals surface area contributed by atoms with Crippen LogP contribution in [0.25, 0.3) is 0 Å². The number of hydrogen-bond donors (Lipinski definition) is 1. The first-order chi connectivity index (χ1) is 9.32. The predicted octanol–water partition coefficient (Wildman–Crippen LogP) is 3.57. The highest BCUT2D eigenvalue weighted by molar-refractivity contribution is 5.02. The van der Waals surface area contributed by atoms with Gasteiger partial charge in [-0.2, -0.15) is 13.2 Å². The third-order valence-corrected chi connectivity index (χ3v) is 5.01. The Balaban J connectivity index is 1.95. The molecule has 1 saturated heterocycles. The van der Waals surface area contributed by atoms with Crippen LogP contribution in [-0.2, 0) is 0 Å². The van der Waals surface area contributed by atoms with E-state index in [1.165, 1.54) is 12.8 Å². The molecule has 2 nitrogen and oxygen atoms in total. The monoisotopic (exact) mass is 292 g/mol. The summed E-state index contributed by atoms with van der Waals surface area (Å²) in [6, 6.07) is 0.409. The van der Waals surface area contributed by atoms with Crippen LogP contribution in [0.4, 0.5) is 13.2 Å². The number of piperazine rings is 1. The van der Waals surface area contributed by atoms with E-state index in [2.05, 4.69) is 24.1 Å². The summed E-state index contributed by atoms with van der Waals surface area (Å²) in [4.78, 5) is 2.37. The van der Waals surface area contributed by atoms with Gasteiger partial charge in [-0.15, -0.1) is 0 Å². The van der Waals surface area contributed by atoms with Crippen LogP contribution < -0.4 is 5.32 Å². The average Bonchev–Trinajstić information content (AvgIpc) is 2.79. The third-order valence-electron chi connectivity index (χ3n) is 5.01. The Hall–Kier alpha value is -0.290. The quantitative estimate of drug-likeness (QED) is 0.852. The van der Waals surface area contributed by atoms with Crippen molar-refractivity contribution in [2.24, 2.45) is 5.92 Å². The molecule has 5 heteroatoms. The van der Waals surface area contributed by atoms with Crippen molar-refractivity contribution in [1.82, 2.24) is 10.2 Å². The molecule has 2 rings (SSSR count). The molecule has 0 aromatic carbocycles. The second kappa shape index (κ2) is 6.22. The zero-order valence-corrected chi connectivity index (χ0v) is 12.6. The fourth-order valence-electron chi connectivity index (χ4n) is 3.70. The van der Waals surface area contributed by atoms with Gasteiger partial charge in [-0.25, -0.2) is 0 Å². The van der Waals surface area contributed by atoms with E-state index in [-0.39, 0.29) is 12.0 Å². The maximum Gasteiger partial charge on any atom is 0.389 e. The molecule has 1 N–H and O–H groups in total. The van der Waals surface area contributed by atoms with E-state index in [9.17, 15) is 13.2 Å². The number of hydrogen-bond acceptors (Lipinski definition) is 2. The predicted molar refractivity (Wildman–Crippen MR) is 74.7 cm³/mol. The maximum absolute atomic E-state index is 12.4. The largest absolute Gasteiger partial charge is 0.389 e. The molecule has 0 bridgehead atoms. The van der Waals surface area contributed by atoms with Gasteiger partial charge in [-0.1, -0.05) is 26.7 Å². The molecule has 1 atom stereocenters. The highest BCUT2D eigenvalue weighted by Gasteiger charge is 2.43. The van der Waals surface area contributed by atoms with Gasteiger partial charge in [0.15, 0.2) is 0 Å². The molecule has 0 aromatic rings. The molecular weight excluding hydrogens is 265 g/mol. The van der Waals surface area contributed by atoms with Gasteiger partial charge in [-0.3, -0.25) is 4.90 Å². The Kier molecular flexibility index (Phi) is 5.00. The fourth-order valence-corrected chi connectivity index (χ4v) is 3.70. The second-order valence-corrected chi connectivity index (χ2v) is 6.83. The lowest BCUT2D eigenvalue weighted by Gasteiger charge is -2.49. The summed E-state index contributed by atoms with van der Waals surface area (Å²) in [5, 5.41) is 3.62. The van der Waals surface area contributed by atoms with Crippen molar-refractivity contribution in [2.75, 3.05) is 19.6 Å². The summed E-state index contributed by atoms with van der Waals surface area (Å²) in [7, 11) is 0. The summed E-state index contributed by atoms with van der Waals surface area (Å²) < 4.78 is 37.1. The van der Waals surface area contributed by atoms with E-state index >= 15 is 0 Å². The third kappa shape index (κ3) is 3.88. The van der Waals surface area contributed by atoms with Crippen molar-refractivity contribution < 1.29 is 13.2 Å². The van der Waals surface area contributed by atoms with E-state index in [0.717, 1.165) is 25.9 Å². The summed E-state index contributed by atoms with van der Waals surface area (Å²) in [6.07, 6.45) is 0.255. The first-order valence-electron chi connectivity index (χ1n) is 7.88. The van der Waals surface area contributed by atoms with Gasteiger partial charge in [0.05, 0.1) is 0 Å². The number of rotatable bonds is 4. The molecule has 1 spiro atoms. The lowest BCUT2D eigenvalue weighted by atomic mass is 9.88. The van der Waals surface area contributed by atoms with Crippen LogP contribution in [0.5, 0.6) is 0 Å². The first-order valence-corrected chi connectivity index (χ1v) is 7.88. The number of halogens is 3. The molecule has 1 aliphatic carbocycles. The van der Waals surface area contributed by atoms with E-state index < -0.39 is 12.6 Å². The van der Waals surface area contributed by atoms with Gasteiger partial charge in [-0.05, 0) is 31.7 Å². The molecule has 2 fully saturated rings. The van der Waals surface area contributed by atoms with Crippen molar-refractivity contribution >= 4 is 0 Å². The summed E-state index contributed by atoms with van der Waals surface area (Å²) >= 11 is 0. The van der Waals surface area contributed by atoms with Crippen LogP contribution >= 0.6 is 0 Å². The smallest absolute Gasteiger partial charge is 0.311 e. The molecule has 0 aromatic heterocycles. The van der Waals surface area contributed by atoms with Gasteiger partial charge < -0.3 is 5.32 Å². The number of nitrogens with one attached hydrogen (secondary N) is 1. The topological polar surface area (TPSA) is 15.3 Å². The average molecular weight is 292 g/mol. The zero-order valence-electron chi connectivity index (χ0n) is 12.6. The van der Waals surface area contributed by atoms with Crippen LogP contribution in [-0.4, -0.2) is 42.3 Å². The van der Waals surface area contributed by atoms with Crippen molar-refractivity contribution in [3.8, 4) is 0 Å². The Morgan fingerprint density at radius 3 is 2.45 bits per heavy atom. The van der Waals surface area contributed by atoms with Crippen LogP contribution in [0.1, 0.15) is 52.4 Å². The second-order valence-electron chi connectivity index (χ2n) is 6.83. The SMILES string of the molecule is CC(C)C1CN(CCCC(F)(F)F)C2(CCCC2)CN1. The van der Waals surface area contributed by atoms with Gasteiger partial charge in [0, 0.05) is 31.1 Å². The van der Waals surface area contributed by atoms with E-state index in [1.54, 1.807) is 0 Å². The van der Waals surface area contributed by atoms with Gasteiger partial charge in [0.25, 0.3) is 0 Å². The normalized spacial score (nSPS) is 27.6. The van der Waals surface area contributed by atoms with E-state index in [0.29, 0.717) is 18.5 Å². The fraction of sp³-hybridized carbons (Fsp3) is 1.00. The Bertz CT molecular complexity index is 309. The molecule has 20 heavy (non-hydrogen) atoms. The van der Waals surface area contributed by atoms with Gasteiger partial charge >= 0.3 is 6.18 Å². The molecule has 0 radical (unpaired) electrons. The first kappa shape index (κ1) is 16.1. The Morgan fingerprint density at radius 2 is 1.90 bits per heavy atom. The van der Waals surface area contributed by atoms with Crippen molar-refractivity contribution in [3.63, 3.8) is 0 Å². The minimum absolute atomic E-state index is 0.136. The van der Waals surface area contributed by atoms with E-state index in [4.69, 9.17) is 0 Å².